The van der Waals surface area contributed by atoms with Crippen LogP contribution in [-0.2, 0) is 0 Å². The smallest absolute Gasteiger partial charge is 0.163 e. The molecule has 1 aliphatic heterocycles. The molecule has 2 heterocycles. The number of hydrogen-bond donors (Lipinski definition) is 0. The number of hydrogen-bond acceptors (Lipinski definition) is 4. The largest absolute Gasteiger partial charge is 0.497 e. The normalized spacial score (nSPS) is 19.4. The molecule has 29 heavy (non-hydrogen) atoms. The van der Waals surface area contributed by atoms with Gasteiger partial charge in [0, 0.05) is 29.9 Å². The summed E-state index contributed by atoms with van der Waals surface area (Å²) in [4.78, 5) is 6.15. The molecule has 0 amide bonds. The number of methoxy groups -OCH3 is 1. The van der Waals surface area contributed by atoms with Crippen molar-refractivity contribution in [3.05, 3.63) is 41.7 Å². The fourth-order valence-corrected chi connectivity index (χ4v) is 4.53. The minimum atomic E-state index is -0.940. The molecule has 1 aliphatic carbocycles. The van der Waals surface area contributed by atoms with Crippen LogP contribution in [0, 0.1) is 11.3 Å². The number of halogens is 2. The lowest BCUT2D eigenvalue weighted by Crippen LogP contribution is -2.39. The van der Waals surface area contributed by atoms with Gasteiger partial charge in [0.25, 0.3) is 0 Å². The number of benzene rings is 1. The molecule has 4 rings (SSSR count). The molecule has 0 N–H and O–H groups in total. The van der Waals surface area contributed by atoms with E-state index < -0.39 is 25.6 Å². The maximum atomic E-state index is 13.6. The number of aromatic nitrogens is 1. The summed E-state index contributed by atoms with van der Waals surface area (Å²) in [5, 5.41) is 10.9. The third kappa shape index (κ3) is 3.27. The highest BCUT2D eigenvalue weighted by Gasteiger charge is 2.34. The van der Waals surface area contributed by atoms with Gasteiger partial charge in [0.2, 0.25) is 0 Å². The first-order valence-electron chi connectivity index (χ1n) is 9.94. The van der Waals surface area contributed by atoms with E-state index in [0.29, 0.717) is 17.0 Å². The van der Waals surface area contributed by atoms with E-state index in [-0.39, 0.29) is 6.04 Å². The zero-order chi connectivity index (χ0) is 20.4. The predicted octanol–water partition coefficient (Wildman–Crippen LogP) is 4.84. The summed E-state index contributed by atoms with van der Waals surface area (Å²) in [6, 6.07) is 7.28. The minimum Gasteiger partial charge on any atom is -0.497 e. The van der Waals surface area contributed by atoms with Crippen molar-refractivity contribution in [3.8, 4) is 11.8 Å². The summed E-state index contributed by atoms with van der Waals surface area (Å²) < 4.78 is 34.7. The molecule has 0 spiro atoms. The third-order valence-corrected chi connectivity index (χ3v) is 5.93. The number of aliphatic imine (C=N–C) groups is 1. The fraction of sp³-hybridized carbons (Fsp3) is 0.455. The van der Waals surface area contributed by atoms with E-state index in [1.165, 1.54) is 0 Å². The molecular formula is C22H24F2N4O. The van der Waals surface area contributed by atoms with Gasteiger partial charge in [0.1, 0.15) is 25.2 Å². The van der Waals surface area contributed by atoms with Crippen LogP contribution in [0.5, 0.6) is 5.75 Å². The van der Waals surface area contributed by atoms with E-state index in [4.69, 9.17) is 4.74 Å². The van der Waals surface area contributed by atoms with Crippen LogP contribution in [-0.4, -0.2) is 42.2 Å². The zero-order valence-electron chi connectivity index (χ0n) is 16.4. The Balaban J connectivity index is 1.97. The fourth-order valence-electron chi connectivity index (χ4n) is 4.53. The first-order chi connectivity index (χ1) is 14.2. The maximum Gasteiger partial charge on any atom is 0.163 e. The Morgan fingerprint density at radius 2 is 2.03 bits per heavy atom. The number of fused-ring (bicyclic) bond motifs is 1. The van der Waals surface area contributed by atoms with Crippen molar-refractivity contribution < 1.29 is 13.5 Å². The van der Waals surface area contributed by atoms with Crippen molar-refractivity contribution in [3.63, 3.8) is 0 Å². The number of alkyl halides is 2. The van der Waals surface area contributed by atoms with E-state index in [9.17, 15) is 14.0 Å². The molecule has 2 aliphatic rings. The second-order valence-corrected chi connectivity index (χ2v) is 7.49. The SMILES string of the molecule is COc1ccc2c(C#N)c(C3N=CC=CN3C(CF)CF)n(C3CCCC3)c2c1. The molecule has 0 radical (unpaired) electrons. The van der Waals surface area contributed by atoms with Crippen LogP contribution >= 0.6 is 0 Å². The van der Waals surface area contributed by atoms with Crippen LogP contribution < -0.4 is 4.74 Å². The van der Waals surface area contributed by atoms with Gasteiger partial charge in [0.15, 0.2) is 6.17 Å². The number of ether oxygens (including phenoxy) is 1. The molecule has 152 valence electrons. The molecule has 5 nitrogen and oxygen atoms in total. The van der Waals surface area contributed by atoms with Crippen LogP contribution in [0.4, 0.5) is 8.78 Å². The van der Waals surface area contributed by atoms with Crippen LogP contribution in [0.15, 0.2) is 35.5 Å². The van der Waals surface area contributed by atoms with Crippen LogP contribution in [0.1, 0.15) is 49.1 Å². The highest BCUT2D eigenvalue weighted by Crippen LogP contribution is 2.42. The van der Waals surface area contributed by atoms with Gasteiger partial charge in [-0.2, -0.15) is 5.26 Å². The van der Waals surface area contributed by atoms with E-state index in [2.05, 4.69) is 15.6 Å². The summed E-state index contributed by atoms with van der Waals surface area (Å²) in [5.41, 5.74) is 2.12. The molecule has 1 aromatic heterocycles. The molecule has 1 aromatic carbocycles. The van der Waals surface area contributed by atoms with Gasteiger partial charge in [-0.1, -0.05) is 12.8 Å². The molecule has 1 atom stereocenters. The number of rotatable bonds is 6. The Morgan fingerprint density at radius 3 is 2.69 bits per heavy atom. The highest BCUT2D eigenvalue weighted by molar-refractivity contribution is 5.90. The molecule has 1 fully saturated rings. The Kier molecular flexibility index (Phi) is 5.52. The summed E-state index contributed by atoms with van der Waals surface area (Å²) >= 11 is 0. The Hall–Kier alpha value is -2.88. The Bertz CT molecular complexity index is 981. The van der Waals surface area contributed by atoms with Crippen LogP contribution in [0.25, 0.3) is 10.9 Å². The lowest BCUT2D eigenvalue weighted by atomic mass is 10.1. The number of nitriles is 1. The maximum absolute atomic E-state index is 13.6. The molecule has 0 bridgehead atoms. The van der Waals surface area contributed by atoms with Gasteiger partial charge in [-0.25, -0.2) is 8.78 Å². The lowest BCUT2D eigenvalue weighted by Gasteiger charge is -2.35. The van der Waals surface area contributed by atoms with Gasteiger partial charge in [-0.05, 0) is 31.1 Å². The topological polar surface area (TPSA) is 53.5 Å². The summed E-state index contributed by atoms with van der Waals surface area (Å²) in [7, 11) is 1.61. The molecular weight excluding hydrogens is 374 g/mol. The van der Waals surface area contributed by atoms with E-state index in [0.717, 1.165) is 36.6 Å². The predicted molar refractivity (Wildman–Crippen MR) is 109 cm³/mol. The Morgan fingerprint density at radius 1 is 1.28 bits per heavy atom. The van der Waals surface area contributed by atoms with E-state index >= 15 is 0 Å². The van der Waals surface area contributed by atoms with Gasteiger partial charge < -0.3 is 14.2 Å². The van der Waals surface area contributed by atoms with Gasteiger partial charge in [-0.3, -0.25) is 4.99 Å². The average Bonchev–Trinajstić information content (AvgIpc) is 3.40. The monoisotopic (exact) mass is 398 g/mol. The summed E-state index contributed by atoms with van der Waals surface area (Å²) in [5.74, 6) is 0.708. The summed E-state index contributed by atoms with van der Waals surface area (Å²) in [6.07, 6.45) is 8.56. The first-order valence-corrected chi connectivity index (χ1v) is 9.94. The van der Waals surface area contributed by atoms with Crippen molar-refractivity contribution in [2.75, 3.05) is 20.5 Å². The minimum absolute atomic E-state index is 0.221. The third-order valence-electron chi connectivity index (χ3n) is 5.93. The average molecular weight is 398 g/mol. The van der Waals surface area contributed by atoms with Crippen molar-refractivity contribution >= 4 is 17.1 Å². The second kappa shape index (κ2) is 8.24. The van der Waals surface area contributed by atoms with Crippen molar-refractivity contribution in [2.45, 2.75) is 43.9 Å². The van der Waals surface area contributed by atoms with E-state index in [1.807, 2.05) is 18.2 Å². The van der Waals surface area contributed by atoms with Crippen LogP contribution in [0.2, 0.25) is 0 Å². The lowest BCUT2D eigenvalue weighted by molar-refractivity contribution is 0.142. The van der Waals surface area contributed by atoms with Crippen LogP contribution in [0.3, 0.4) is 0 Å². The molecule has 2 aromatic rings. The number of allylic oxidation sites excluding steroid dienone is 1. The summed E-state index contributed by atoms with van der Waals surface area (Å²) in [6.45, 7) is -1.65. The quantitative estimate of drug-likeness (QED) is 0.699. The standard InChI is InChI=1S/C22H24F2N4O/c1-29-17-7-8-18-19(14-25)21(28(20(18)11-17)15-5-2-3-6-15)22-26-9-4-10-27(22)16(12-23)13-24/h4,7-11,15-16,22H,2-3,5-6,12-13H2,1H3. The molecule has 1 saturated carbocycles. The van der Waals surface area contributed by atoms with Crippen molar-refractivity contribution in [1.82, 2.24) is 9.47 Å². The van der Waals surface area contributed by atoms with Crippen molar-refractivity contribution in [2.24, 2.45) is 4.99 Å². The zero-order valence-corrected chi connectivity index (χ0v) is 16.4. The van der Waals surface area contributed by atoms with E-state index in [1.54, 1.807) is 30.5 Å². The van der Waals surface area contributed by atoms with Gasteiger partial charge in [0.05, 0.1) is 29.9 Å². The number of nitrogens with zero attached hydrogens (tertiary/aromatic N) is 4. The molecule has 7 heteroatoms. The highest BCUT2D eigenvalue weighted by atomic mass is 19.1. The molecule has 0 saturated heterocycles. The second-order valence-electron chi connectivity index (χ2n) is 7.49. The van der Waals surface area contributed by atoms with Gasteiger partial charge >= 0.3 is 0 Å². The Labute approximate surface area is 168 Å². The van der Waals surface area contributed by atoms with Gasteiger partial charge in [-0.15, -0.1) is 0 Å². The molecule has 1 unspecified atom stereocenters. The van der Waals surface area contributed by atoms with Crippen molar-refractivity contribution in [1.29, 1.82) is 5.26 Å². The first kappa shape index (κ1) is 19.4.